The second-order valence-electron chi connectivity index (χ2n) is 4.61. The number of aliphatic carboxylic acids is 1. The van der Waals surface area contributed by atoms with E-state index in [0.29, 0.717) is 25.1 Å². The fourth-order valence-corrected chi connectivity index (χ4v) is 3.29. The molecule has 1 aliphatic heterocycles. The number of hydrogen-bond acceptors (Lipinski definition) is 5. The number of sulfone groups is 1. The molecule has 1 fully saturated rings. The van der Waals surface area contributed by atoms with Crippen LogP contribution in [-0.4, -0.2) is 49.1 Å². The number of nitrogens with zero attached hydrogens (tertiary/aromatic N) is 2. The number of rotatable bonds is 3. The molecule has 0 atom stereocenters. The highest BCUT2D eigenvalue weighted by Crippen LogP contribution is 2.15. The molecule has 108 valence electrons. The molecule has 0 amide bonds. The van der Waals surface area contributed by atoms with E-state index >= 15 is 0 Å². The third-order valence-electron chi connectivity index (χ3n) is 3.07. The summed E-state index contributed by atoms with van der Waals surface area (Å²) in [7, 11) is -2.93. The van der Waals surface area contributed by atoms with Crippen LogP contribution in [0.3, 0.4) is 0 Å². The number of aromatic nitrogens is 1. The summed E-state index contributed by atoms with van der Waals surface area (Å²) >= 11 is 0. The molecule has 1 aromatic heterocycles. The third-order valence-corrected chi connectivity index (χ3v) is 4.78. The second-order valence-corrected chi connectivity index (χ2v) is 6.92. The van der Waals surface area contributed by atoms with E-state index in [9.17, 15) is 13.2 Å². The molecule has 1 aromatic rings. The largest absolute Gasteiger partial charge is 0.478 e. The molecule has 1 saturated heterocycles. The standard InChI is InChI=1S/C13H16N2O4S/c16-13(17)5-3-11-2-4-12(14-10-11)15-6-1-8-20(18,19)9-7-15/h2-5,10H,1,6-9H2,(H,16,17)/b5-3+. The topological polar surface area (TPSA) is 87.6 Å². The van der Waals surface area contributed by atoms with E-state index in [1.165, 1.54) is 6.08 Å². The van der Waals surface area contributed by atoms with Crippen molar-refractivity contribution in [3.8, 4) is 0 Å². The van der Waals surface area contributed by atoms with Gasteiger partial charge in [-0.3, -0.25) is 0 Å². The van der Waals surface area contributed by atoms with E-state index < -0.39 is 15.8 Å². The summed E-state index contributed by atoms with van der Waals surface area (Å²) in [6.07, 6.45) is 4.69. The first-order valence-electron chi connectivity index (χ1n) is 6.29. The lowest BCUT2D eigenvalue weighted by Gasteiger charge is -2.20. The number of carboxylic acids is 1. The van der Waals surface area contributed by atoms with Gasteiger partial charge in [0, 0.05) is 25.4 Å². The van der Waals surface area contributed by atoms with Crippen molar-refractivity contribution in [3.63, 3.8) is 0 Å². The highest BCUT2D eigenvalue weighted by Gasteiger charge is 2.19. The molecule has 0 bridgehead atoms. The Morgan fingerprint density at radius 3 is 2.75 bits per heavy atom. The zero-order valence-electron chi connectivity index (χ0n) is 10.9. The first kappa shape index (κ1) is 14.5. The molecule has 2 rings (SSSR count). The van der Waals surface area contributed by atoms with Gasteiger partial charge in [-0.2, -0.15) is 0 Å². The maximum atomic E-state index is 11.5. The molecule has 1 aliphatic rings. The normalized spacial score (nSPS) is 18.9. The Hall–Kier alpha value is -1.89. The summed E-state index contributed by atoms with van der Waals surface area (Å²) < 4.78 is 23.1. The maximum Gasteiger partial charge on any atom is 0.328 e. The van der Waals surface area contributed by atoms with Gasteiger partial charge in [0.05, 0.1) is 11.5 Å². The van der Waals surface area contributed by atoms with Crippen molar-refractivity contribution in [3.05, 3.63) is 30.0 Å². The zero-order chi connectivity index (χ0) is 14.6. The van der Waals surface area contributed by atoms with Crippen LogP contribution in [0.1, 0.15) is 12.0 Å². The van der Waals surface area contributed by atoms with Crippen LogP contribution in [-0.2, 0) is 14.6 Å². The van der Waals surface area contributed by atoms with Crippen LogP contribution < -0.4 is 4.90 Å². The minimum atomic E-state index is -2.93. The van der Waals surface area contributed by atoms with Crippen molar-refractivity contribution in [2.45, 2.75) is 6.42 Å². The summed E-state index contributed by atoms with van der Waals surface area (Å²) in [6, 6.07) is 3.54. The van der Waals surface area contributed by atoms with Crippen LogP contribution in [0, 0.1) is 0 Å². The van der Waals surface area contributed by atoms with Crippen molar-refractivity contribution in [2.24, 2.45) is 0 Å². The predicted octanol–water partition coefficient (Wildman–Crippen LogP) is 0.804. The van der Waals surface area contributed by atoms with Gasteiger partial charge in [0.1, 0.15) is 5.82 Å². The Morgan fingerprint density at radius 2 is 2.10 bits per heavy atom. The highest BCUT2D eigenvalue weighted by atomic mass is 32.2. The average molecular weight is 296 g/mol. The van der Waals surface area contributed by atoms with E-state index in [1.54, 1.807) is 18.3 Å². The Bertz CT molecular complexity index is 608. The summed E-state index contributed by atoms with van der Waals surface area (Å²) in [5.74, 6) is 0.0829. The SMILES string of the molecule is O=C(O)/C=C/c1ccc(N2CCCS(=O)(=O)CC2)nc1. The van der Waals surface area contributed by atoms with Crippen LogP contribution in [0.15, 0.2) is 24.4 Å². The fraction of sp³-hybridized carbons (Fsp3) is 0.385. The van der Waals surface area contributed by atoms with Crippen molar-refractivity contribution in [1.29, 1.82) is 0 Å². The Kier molecular flexibility index (Phi) is 4.39. The molecule has 0 spiro atoms. The van der Waals surface area contributed by atoms with Crippen molar-refractivity contribution < 1.29 is 18.3 Å². The van der Waals surface area contributed by atoms with E-state index in [2.05, 4.69) is 4.98 Å². The lowest BCUT2D eigenvalue weighted by atomic mass is 10.2. The lowest BCUT2D eigenvalue weighted by molar-refractivity contribution is -0.131. The molecule has 1 N–H and O–H groups in total. The molecule has 20 heavy (non-hydrogen) atoms. The number of carboxylic acid groups (broad SMARTS) is 1. The molecular formula is C13H16N2O4S. The van der Waals surface area contributed by atoms with Gasteiger partial charge in [0.25, 0.3) is 0 Å². The van der Waals surface area contributed by atoms with Crippen LogP contribution in [0.4, 0.5) is 5.82 Å². The van der Waals surface area contributed by atoms with Crippen LogP contribution >= 0.6 is 0 Å². The molecule has 0 radical (unpaired) electrons. The van der Waals surface area contributed by atoms with Gasteiger partial charge in [0.2, 0.25) is 0 Å². The predicted molar refractivity (Wildman–Crippen MR) is 76.4 cm³/mol. The number of anilines is 1. The molecule has 0 aromatic carbocycles. The highest BCUT2D eigenvalue weighted by molar-refractivity contribution is 7.91. The van der Waals surface area contributed by atoms with Crippen LogP contribution in [0.5, 0.6) is 0 Å². The van der Waals surface area contributed by atoms with Gasteiger partial charge in [0.15, 0.2) is 9.84 Å². The summed E-state index contributed by atoms with van der Waals surface area (Å²) in [4.78, 5) is 16.6. The smallest absolute Gasteiger partial charge is 0.328 e. The lowest BCUT2D eigenvalue weighted by Crippen LogP contribution is -2.27. The Morgan fingerprint density at radius 1 is 1.30 bits per heavy atom. The summed E-state index contributed by atoms with van der Waals surface area (Å²) in [5, 5.41) is 8.54. The number of carbonyl (C=O) groups is 1. The first-order valence-corrected chi connectivity index (χ1v) is 8.11. The average Bonchev–Trinajstić information content (AvgIpc) is 2.58. The fourth-order valence-electron chi connectivity index (χ4n) is 2.02. The molecular weight excluding hydrogens is 280 g/mol. The van der Waals surface area contributed by atoms with Gasteiger partial charge < -0.3 is 10.0 Å². The minimum Gasteiger partial charge on any atom is -0.478 e. The molecule has 7 heteroatoms. The van der Waals surface area contributed by atoms with Gasteiger partial charge >= 0.3 is 5.97 Å². The number of hydrogen-bond donors (Lipinski definition) is 1. The van der Waals surface area contributed by atoms with E-state index in [4.69, 9.17) is 5.11 Å². The van der Waals surface area contributed by atoms with Crippen molar-refractivity contribution in [2.75, 3.05) is 29.5 Å². The van der Waals surface area contributed by atoms with Crippen LogP contribution in [0.2, 0.25) is 0 Å². The van der Waals surface area contributed by atoms with Gasteiger partial charge in [-0.15, -0.1) is 0 Å². The van der Waals surface area contributed by atoms with E-state index in [0.717, 1.165) is 11.9 Å². The Labute approximate surface area is 117 Å². The second kappa shape index (κ2) is 6.04. The van der Waals surface area contributed by atoms with Crippen molar-refractivity contribution in [1.82, 2.24) is 4.98 Å². The van der Waals surface area contributed by atoms with E-state index in [1.807, 2.05) is 4.90 Å². The molecule has 2 heterocycles. The van der Waals surface area contributed by atoms with E-state index in [-0.39, 0.29) is 11.5 Å². The Balaban J connectivity index is 2.08. The van der Waals surface area contributed by atoms with Gasteiger partial charge in [-0.25, -0.2) is 18.2 Å². The van der Waals surface area contributed by atoms with Gasteiger partial charge in [-0.05, 0) is 30.2 Å². The maximum absolute atomic E-state index is 11.5. The third kappa shape index (κ3) is 4.06. The minimum absolute atomic E-state index is 0.148. The summed E-state index contributed by atoms with van der Waals surface area (Å²) in [6.45, 7) is 1.11. The van der Waals surface area contributed by atoms with Crippen LogP contribution in [0.25, 0.3) is 6.08 Å². The molecule has 6 nitrogen and oxygen atoms in total. The number of pyridine rings is 1. The summed E-state index contributed by atoms with van der Waals surface area (Å²) in [5.41, 5.74) is 0.693. The zero-order valence-corrected chi connectivity index (χ0v) is 11.7. The molecule has 0 unspecified atom stereocenters. The quantitative estimate of drug-likeness (QED) is 0.830. The molecule has 0 saturated carbocycles. The van der Waals surface area contributed by atoms with Crippen molar-refractivity contribution >= 4 is 27.7 Å². The van der Waals surface area contributed by atoms with Gasteiger partial charge in [-0.1, -0.05) is 0 Å². The monoisotopic (exact) mass is 296 g/mol. The first-order chi connectivity index (χ1) is 9.46. The molecule has 0 aliphatic carbocycles.